The maximum atomic E-state index is 13.6. The summed E-state index contributed by atoms with van der Waals surface area (Å²) in [4.78, 5) is 40.7. The van der Waals surface area contributed by atoms with E-state index in [2.05, 4.69) is 11.4 Å². The quantitative estimate of drug-likeness (QED) is 0.728. The van der Waals surface area contributed by atoms with Gasteiger partial charge in [-0.25, -0.2) is 4.79 Å². The van der Waals surface area contributed by atoms with Gasteiger partial charge in [0.25, 0.3) is 5.91 Å². The topological polar surface area (TPSA) is 89.9 Å². The lowest BCUT2D eigenvalue weighted by molar-refractivity contribution is -0.137. The number of hydrogen-bond donors (Lipinski definition) is 2. The van der Waals surface area contributed by atoms with Gasteiger partial charge in [-0.3, -0.25) is 9.59 Å². The smallest absolute Gasteiger partial charge is 0.323 e. The number of fused-ring (bicyclic) bond motifs is 2. The molecule has 2 aromatic rings. The van der Waals surface area contributed by atoms with Crippen molar-refractivity contribution in [2.75, 3.05) is 18.5 Å². The van der Waals surface area contributed by atoms with E-state index >= 15 is 0 Å². The van der Waals surface area contributed by atoms with Crippen LogP contribution in [0.5, 0.6) is 0 Å². The summed E-state index contributed by atoms with van der Waals surface area (Å²) in [6.07, 6.45) is 4.70. The number of carboxylic acids is 1. The monoisotopic (exact) mass is 447 g/mol. The third-order valence-corrected chi connectivity index (χ3v) is 7.52. The van der Waals surface area contributed by atoms with E-state index in [-0.39, 0.29) is 36.4 Å². The molecule has 172 valence electrons. The fourth-order valence-corrected chi connectivity index (χ4v) is 5.98. The highest BCUT2D eigenvalue weighted by Gasteiger charge is 2.59. The van der Waals surface area contributed by atoms with Gasteiger partial charge in [0.1, 0.15) is 6.54 Å². The SMILES string of the molecule is CN(CC(=O)O)C(=O)NC1(C2c3ccccc3N(C(=O)c3ccccc3)C3CCCC32)CC1. The van der Waals surface area contributed by atoms with E-state index in [9.17, 15) is 14.4 Å². The summed E-state index contributed by atoms with van der Waals surface area (Å²) >= 11 is 0. The highest BCUT2D eigenvalue weighted by Crippen LogP contribution is 2.59. The molecule has 0 spiro atoms. The number of rotatable bonds is 5. The van der Waals surface area contributed by atoms with E-state index in [1.165, 1.54) is 11.9 Å². The summed E-state index contributed by atoms with van der Waals surface area (Å²) in [6, 6.07) is 17.2. The number of aliphatic carboxylic acids is 1. The molecule has 2 fully saturated rings. The van der Waals surface area contributed by atoms with Crippen molar-refractivity contribution in [2.24, 2.45) is 5.92 Å². The molecule has 2 aromatic carbocycles. The Kier molecular flexibility index (Phi) is 5.35. The molecule has 7 heteroatoms. The maximum absolute atomic E-state index is 13.6. The second-order valence-corrected chi connectivity index (χ2v) is 9.58. The van der Waals surface area contributed by atoms with Crippen molar-refractivity contribution in [3.05, 3.63) is 65.7 Å². The second-order valence-electron chi connectivity index (χ2n) is 9.58. The van der Waals surface area contributed by atoms with Crippen LogP contribution in [0, 0.1) is 5.92 Å². The minimum absolute atomic E-state index is 0.0217. The Bertz CT molecular complexity index is 1080. The first-order valence-corrected chi connectivity index (χ1v) is 11.6. The number of anilines is 1. The normalized spacial score (nSPS) is 24.4. The predicted octanol–water partition coefficient (Wildman–Crippen LogP) is 3.86. The standard InChI is InChI=1S/C26H29N3O4/c1-28(16-22(30)31)25(33)27-26(14-15-26)23-18-10-5-6-12-20(18)29(21-13-7-11-19(21)23)24(32)17-8-3-2-4-9-17/h2-6,8-10,12,19,21,23H,7,11,13-16H2,1H3,(H,27,33)(H,30,31). The molecule has 0 bridgehead atoms. The van der Waals surface area contributed by atoms with Crippen molar-refractivity contribution in [1.29, 1.82) is 0 Å². The van der Waals surface area contributed by atoms with E-state index in [0.29, 0.717) is 5.56 Å². The number of para-hydroxylation sites is 1. The molecule has 0 saturated heterocycles. The van der Waals surface area contributed by atoms with E-state index in [0.717, 1.165) is 43.4 Å². The van der Waals surface area contributed by atoms with E-state index in [1.54, 1.807) is 0 Å². The van der Waals surface area contributed by atoms with E-state index in [4.69, 9.17) is 5.11 Å². The third-order valence-electron chi connectivity index (χ3n) is 7.52. The number of hydrogen-bond acceptors (Lipinski definition) is 3. The van der Waals surface area contributed by atoms with Crippen LogP contribution in [-0.2, 0) is 4.79 Å². The number of amides is 3. The van der Waals surface area contributed by atoms with Gasteiger partial charge in [-0.2, -0.15) is 0 Å². The van der Waals surface area contributed by atoms with Crippen LogP contribution in [0.1, 0.15) is 53.9 Å². The first kappa shape index (κ1) is 21.5. The zero-order chi connectivity index (χ0) is 23.2. The molecule has 2 aliphatic carbocycles. The molecule has 3 unspecified atom stereocenters. The van der Waals surface area contributed by atoms with Crippen molar-refractivity contribution in [3.63, 3.8) is 0 Å². The number of nitrogens with one attached hydrogen (secondary N) is 1. The Balaban J connectivity index is 1.51. The van der Waals surface area contributed by atoms with Crippen molar-refractivity contribution in [1.82, 2.24) is 10.2 Å². The number of carbonyl (C=O) groups excluding carboxylic acids is 2. The fourth-order valence-electron chi connectivity index (χ4n) is 5.98. The Morgan fingerprint density at radius 1 is 1.06 bits per heavy atom. The zero-order valence-corrected chi connectivity index (χ0v) is 18.7. The molecule has 33 heavy (non-hydrogen) atoms. The van der Waals surface area contributed by atoms with Gasteiger partial charge in [0.05, 0.1) is 0 Å². The Morgan fingerprint density at radius 2 is 1.76 bits per heavy atom. The fraction of sp³-hybridized carbons (Fsp3) is 0.423. The number of carbonyl (C=O) groups is 3. The molecule has 3 amide bonds. The van der Waals surface area contributed by atoms with Gasteiger partial charge in [0.15, 0.2) is 0 Å². The highest BCUT2D eigenvalue weighted by molar-refractivity contribution is 6.07. The molecular weight excluding hydrogens is 418 g/mol. The average Bonchev–Trinajstić information content (AvgIpc) is 3.42. The summed E-state index contributed by atoms with van der Waals surface area (Å²) in [5.41, 5.74) is 2.32. The Labute approximate surface area is 193 Å². The second kappa shape index (κ2) is 8.21. The zero-order valence-electron chi connectivity index (χ0n) is 18.7. The van der Waals surface area contributed by atoms with Gasteiger partial charge in [-0.05, 0) is 55.4 Å². The number of likely N-dealkylation sites (N-methyl/N-ethyl adjacent to an activating group) is 1. The van der Waals surface area contributed by atoms with Crippen molar-refractivity contribution in [2.45, 2.75) is 49.6 Å². The third kappa shape index (κ3) is 3.75. The summed E-state index contributed by atoms with van der Waals surface area (Å²) in [7, 11) is 1.51. The van der Waals surface area contributed by atoms with Crippen molar-refractivity contribution < 1.29 is 19.5 Å². The number of nitrogens with zero attached hydrogens (tertiary/aromatic N) is 2. The summed E-state index contributed by atoms with van der Waals surface area (Å²) in [6.45, 7) is -0.339. The molecule has 5 rings (SSSR count). The van der Waals surface area contributed by atoms with Crippen LogP contribution in [0.2, 0.25) is 0 Å². The van der Waals surface area contributed by atoms with Crippen LogP contribution in [0.25, 0.3) is 0 Å². The summed E-state index contributed by atoms with van der Waals surface area (Å²) in [5.74, 6) is -0.664. The first-order valence-electron chi connectivity index (χ1n) is 11.6. The molecule has 3 aliphatic rings. The maximum Gasteiger partial charge on any atom is 0.323 e. The lowest BCUT2D eigenvalue weighted by Crippen LogP contribution is -2.55. The summed E-state index contributed by atoms with van der Waals surface area (Å²) < 4.78 is 0. The Morgan fingerprint density at radius 3 is 2.45 bits per heavy atom. The van der Waals surface area contributed by atoms with Gasteiger partial charge >= 0.3 is 12.0 Å². The molecule has 2 N–H and O–H groups in total. The van der Waals surface area contributed by atoms with E-state index < -0.39 is 11.5 Å². The molecule has 1 heterocycles. The lowest BCUT2D eigenvalue weighted by atomic mass is 9.72. The molecule has 1 aliphatic heterocycles. The number of urea groups is 1. The first-order chi connectivity index (χ1) is 15.9. The molecule has 0 radical (unpaired) electrons. The Hall–Kier alpha value is -3.35. The molecule has 2 saturated carbocycles. The highest BCUT2D eigenvalue weighted by atomic mass is 16.4. The van der Waals surface area contributed by atoms with Crippen LogP contribution in [0.15, 0.2) is 54.6 Å². The average molecular weight is 448 g/mol. The van der Waals surface area contributed by atoms with Crippen molar-refractivity contribution >= 4 is 23.6 Å². The van der Waals surface area contributed by atoms with Crippen LogP contribution in [-0.4, -0.2) is 53.1 Å². The van der Waals surface area contributed by atoms with Gasteiger partial charge in [0, 0.05) is 35.8 Å². The van der Waals surface area contributed by atoms with Gasteiger partial charge in [-0.1, -0.05) is 42.8 Å². The molecule has 0 aromatic heterocycles. The van der Waals surface area contributed by atoms with Gasteiger partial charge in [-0.15, -0.1) is 0 Å². The van der Waals surface area contributed by atoms with Crippen LogP contribution in [0.4, 0.5) is 10.5 Å². The van der Waals surface area contributed by atoms with E-state index in [1.807, 2.05) is 53.4 Å². The number of carboxylic acid groups (broad SMARTS) is 1. The minimum Gasteiger partial charge on any atom is -0.480 e. The molecular formula is C26H29N3O4. The minimum atomic E-state index is -1.04. The van der Waals surface area contributed by atoms with Crippen LogP contribution < -0.4 is 10.2 Å². The van der Waals surface area contributed by atoms with Crippen molar-refractivity contribution in [3.8, 4) is 0 Å². The van der Waals surface area contributed by atoms with Gasteiger partial charge in [0.2, 0.25) is 0 Å². The molecule has 3 atom stereocenters. The lowest BCUT2D eigenvalue weighted by Gasteiger charge is -2.47. The number of benzene rings is 2. The van der Waals surface area contributed by atoms with Crippen LogP contribution in [0.3, 0.4) is 0 Å². The summed E-state index contributed by atoms with van der Waals surface area (Å²) in [5, 5.41) is 12.3. The van der Waals surface area contributed by atoms with Gasteiger partial charge < -0.3 is 20.2 Å². The van der Waals surface area contributed by atoms with Crippen LogP contribution >= 0.6 is 0 Å². The predicted molar refractivity (Wildman–Crippen MR) is 124 cm³/mol. The molecule has 7 nitrogen and oxygen atoms in total. The largest absolute Gasteiger partial charge is 0.480 e.